The standard InChI is InChI=1S/C17H16N2O6S/c1-10-6-7-11(17(21)22)8-15(10)26(23,24)19-9-14(16(18)20)25-13-5-3-2-4-12(13)19/h2-8,14H,9H2,1H3,(H2,18,20)(H,21,22)/t14-/m1/s1. The summed E-state index contributed by atoms with van der Waals surface area (Å²) in [5.74, 6) is -1.83. The molecule has 136 valence electrons. The highest BCUT2D eigenvalue weighted by Gasteiger charge is 2.37. The Balaban J connectivity index is 2.16. The van der Waals surface area contributed by atoms with Gasteiger partial charge in [0.15, 0.2) is 6.10 Å². The van der Waals surface area contributed by atoms with Gasteiger partial charge >= 0.3 is 5.97 Å². The van der Waals surface area contributed by atoms with Crippen molar-refractivity contribution < 1.29 is 27.9 Å². The molecule has 0 saturated carbocycles. The van der Waals surface area contributed by atoms with E-state index in [4.69, 9.17) is 15.6 Å². The average molecular weight is 376 g/mol. The molecular weight excluding hydrogens is 360 g/mol. The van der Waals surface area contributed by atoms with E-state index >= 15 is 0 Å². The quantitative estimate of drug-likeness (QED) is 0.824. The topological polar surface area (TPSA) is 127 Å². The van der Waals surface area contributed by atoms with Crippen LogP contribution in [-0.4, -0.2) is 38.0 Å². The van der Waals surface area contributed by atoms with Crippen molar-refractivity contribution in [1.82, 2.24) is 0 Å². The first-order chi connectivity index (χ1) is 12.2. The number of fused-ring (bicyclic) bond motifs is 1. The SMILES string of the molecule is Cc1ccc(C(=O)O)cc1S(=O)(=O)N1C[C@H](C(N)=O)Oc2ccccc21. The molecule has 0 fully saturated rings. The van der Waals surface area contributed by atoms with Crippen molar-refractivity contribution in [3.63, 3.8) is 0 Å². The highest BCUT2D eigenvalue weighted by Crippen LogP contribution is 2.37. The van der Waals surface area contributed by atoms with Crippen LogP contribution in [0.4, 0.5) is 5.69 Å². The number of aryl methyl sites for hydroxylation is 1. The van der Waals surface area contributed by atoms with E-state index in [1.54, 1.807) is 25.1 Å². The van der Waals surface area contributed by atoms with Crippen LogP contribution in [0, 0.1) is 6.92 Å². The summed E-state index contributed by atoms with van der Waals surface area (Å²) in [6, 6.07) is 10.2. The first-order valence-corrected chi connectivity index (χ1v) is 9.07. The zero-order valence-corrected chi connectivity index (χ0v) is 14.6. The predicted octanol–water partition coefficient (Wildman–Crippen LogP) is 1.13. The molecule has 0 unspecified atom stereocenters. The molecule has 3 N–H and O–H groups in total. The van der Waals surface area contributed by atoms with E-state index in [0.717, 1.165) is 10.4 Å². The van der Waals surface area contributed by atoms with Crippen LogP contribution in [0.3, 0.4) is 0 Å². The first kappa shape index (κ1) is 17.7. The van der Waals surface area contributed by atoms with E-state index in [1.807, 2.05) is 0 Å². The number of para-hydroxylation sites is 2. The van der Waals surface area contributed by atoms with Crippen LogP contribution in [0.5, 0.6) is 5.75 Å². The van der Waals surface area contributed by atoms with E-state index < -0.39 is 28.0 Å². The predicted molar refractivity (Wildman–Crippen MR) is 92.7 cm³/mol. The van der Waals surface area contributed by atoms with Crippen molar-refractivity contribution in [3.8, 4) is 5.75 Å². The Bertz CT molecular complexity index is 1000. The lowest BCUT2D eigenvalue weighted by Gasteiger charge is -2.34. The smallest absolute Gasteiger partial charge is 0.335 e. The number of ether oxygens (including phenoxy) is 1. The maximum Gasteiger partial charge on any atom is 0.335 e. The molecular formula is C17H16N2O6S. The second kappa shape index (κ2) is 6.34. The Kier molecular flexibility index (Phi) is 4.33. The van der Waals surface area contributed by atoms with Crippen LogP contribution in [0.15, 0.2) is 47.4 Å². The third kappa shape index (κ3) is 2.97. The summed E-state index contributed by atoms with van der Waals surface area (Å²) in [6.45, 7) is 1.27. The molecule has 0 bridgehead atoms. The largest absolute Gasteiger partial charge is 0.478 e. The number of primary amides is 1. The van der Waals surface area contributed by atoms with Gasteiger partial charge in [0, 0.05) is 0 Å². The molecule has 0 radical (unpaired) electrons. The average Bonchev–Trinajstić information content (AvgIpc) is 2.60. The van der Waals surface area contributed by atoms with Crippen molar-refractivity contribution in [3.05, 3.63) is 53.6 Å². The van der Waals surface area contributed by atoms with Crippen molar-refractivity contribution in [1.29, 1.82) is 0 Å². The van der Waals surface area contributed by atoms with Gasteiger partial charge in [0.05, 0.1) is 22.7 Å². The number of nitrogens with zero attached hydrogens (tertiary/aromatic N) is 1. The Hall–Kier alpha value is -3.07. The number of anilines is 1. The monoisotopic (exact) mass is 376 g/mol. The number of carbonyl (C=O) groups is 2. The summed E-state index contributed by atoms with van der Waals surface area (Å²) >= 11 is 0. The van der Waals surface area contributed by atoms with E-state index in [0.29, 0.717) is 5.56 Å². The number of amides is 1. The van der Waals surface area contributed by atoms with Gasteiger partial charge in [-0.25, -0.2) is 13.2 Å². The second-order valence-electron chi connectivity index (χ2n) is 5.80. The summed E-state index contributed by atoms with van der Waals surface area (Å²) in [4.78, 5) is 22.6. The summed E-state index contributed by atoms with van der Waals surface area (Å²) in [5.41, 5.74) is 5.79. The lowest BCUT2D eigenvalue weighted by Crippen LogP contribution is -2.49. The lowest BCUT2D eigenvalue weighted by molar-refractivity contribution is -0.124. The van der Waals surface area contributed by atoms with Gasteiger partial charge in [-0.15, -0.1) is 0 Å². The van der Waals surface area contributed by atoms with Gasteiger partial charge in [0.1, 0.15) is 5.75 Å². The number of sulfonamides is 1. The molecule has 1 aliphatic heterocycles. The molecule has 0 aliphatic carbocycles. The van der Waals surface area contributed by atoms with Gasteiger partial charge < -0.3 is 15.6 Å². The Morgan fingerprint density at radius 2 is 1.92 bits per heavy atom. The molecule has 3 rings (SSSR count). The molecule has 1 amide bonds. The minimum Gasteiger partial charge on any atom is -0.478 e. The molecule has 1 heterocycles. The number of benzene rings is 2. The van der Waals surface area contributed by atoms with E-state index in [1.165, 1.54) is 18.2 Å². The maximum atomic E-state index is 13.2. The third-order valence-corrected chi connectivity index (χ3v) is 5.98. The molecule has 1 aliphatic rings. The fourth-order valence-corrected chi connectivity index (χ4v) is 4.44. The fraction of sp³-hybridized carbons (Fsp3) is 0.176. The number of aromatic carboxylic acids is 1. The Labute approximate surface area is 149 Å². The Morgan fingerprint density at radius 3 is 2.58 bits per heavy atom. The Morgan fingerprint density at radius 1 is 1.23 bits per heavy atom. The van der Waals surface area contributed by atoms with Crippen LogP contribution in [0.25, 0.3) is 0 Å². The second-order valence-corrected chi connectivity index (χ2v) is 7.63. The zero-order valence-electron chi connectivity index (χ0n) is 13.7. The highest BCUT2D eigenvalue weighted by molar-refractivity contribution is 7.93. The maximum absolute atomic E-state index is 13.2. The van der Waals surface area contributed by atoms with Gasteiger partial charge in [0.2, 0.25) is 0 Å². The third-order valence-electron chi connectivity index (χ3n) is 4.06. The molecule has 0 spiro atoms. The molecule has 9 heteroatoms. The molecule has 1 atom stereocenters. The summed E-state index contributed by atoms with van der Waals surface area (Å²) in [5, 5.41) is 9.16. The fourth-order valence-electron chi connectivity index (χ4n) is 2.71. The summed E-state index contributed by atoms with van der Waals surface area (Å²) in [7, 11) is -4.15. The van der Waals surface area contributed by atoms with Crippen molar-refractivity contribution >= 4 is 27.6 Å². The van der Waals surface area contributed by atoms with E-state index in [-0.39, 0.29) is 28.4 Å². The number of carboxylic acids is 1. The van der Waals surface area contributed by atoms with Gasteiger partial charge in [-0.1, -0.05) is 18.2 Å². The van der Waals surface area contributed by atoms with Crippen molar-refractivity contribution in [2.45, 2.75) is 17.9 Å². The summed E-state index contributed by atoms with van der Waals surface area (Å²) < 4.78 is 33.0. The van der Waals surface area contributed by atoms with Crippen LogP contribution in [-0.2, 0) is 14.8 Å². The normalized spacial score (nSPS) is 16.5. The molecule has 0 saturated heterocycles. The van der Waals surface area contributed by atoms with Crippen LogP contribution < -0.4 is 14.8 Å². The molecule has 0 aromatic heterocycles. The number of carbonyl (C=O) groups excluding carboxylic acids is 1. The van der Waals surface area contributed by atoms with Crippen LogP contribution in [0.1, 0.15) is 15.9 Å². The van der Waals surface area contributed by atoms with Gasteiger partial charge in [-0.05, 0) is 36.8 Å². The van der Waals surface area contributed by atoms with Crippen LogP contribution >= 0.6 is 0 Å². The molecule has 2 aromatic carbocycles. The number of nitrogens with two attached hydrogens (primary N) is 1. The lowest BCUT2D eigenvalue weighted by atomic mass is 10.1. The highest BCUT2D eigenvalue weighted by atomic mass is 32.2. The molecule has 2 aromatic rings. The van der Waals surface area contributed by atoms with E-state index in [9.17, 15) is 18.0 Å². The van der Waals surface area contributed by atoms with Crippen molar-refractivity contribution in [2.24, 2.45) is 5.73 Å². The van der Waals surface area contributed by atoms with Crippen molar-refractivity contribution in [2.75, 3.05) is 10.8 Å². The number of hydrogen-bond acceptors (Lipinski definition) is 5. The van der Waals surface area contributed by atoms with E-state index in [2.05, 4.69) is 0 Å². The first-order valence-electron chi connectivity index (χ1n) is 7.63. The number of hydrogen-bond donors (Lipinski definition) is 2. The van der Waals surface area contributed by atoms with Crippen LogP contribution in [0.2, 0.25) is 0 Å². The number of rotatable bonds is 4. The minimum atomic E-state index is -4.15. The zero-order chi connectivity index (χ0) is 19.1. The molecule has 26 heavy (non-hydrogen) atoms. The van der Waals surface area contributed by atoms with Gasteiger partial charge in [-0.3, -0.25) is 9.10 Å². The van der Waals surface area contributed by atoms with Gasteiger partial charge in [-0.2, -0.15) is 0 Å². The number of carboxylic acid groups (broad SMARTS) is 1. The summed E-state index contributed by atoms with van der Waals surface area (Å²) in [6.07, 6.45) is -1.15. The van der Waals surface area contributed by atoms with Gasteiger partial charge in [0.25, 0.3) is 15.9 Å². The minimum absolute atomic E-state index is 0.151. The molecule has 8 nitrogen and oxygen atoms in total.